The number of hydrogen-bond acceptors (Lipinski definition) is 6. The molecule has 10 nitrogen and oxygen atoms in total. The molecule has 0 spiro atoms. The minimum Gasteiger partial charge on any atom is -0.490 e. The number of hydrazine groups is 1. The van der Waals surface area contributed by atoms with Gasteiger partial charge in [0.2, 0.25) is 11.8 Å². The monoisotopic (exact) mass is 428 g/mol. The van der Waals surface area contributed by atoms with Gasteiger partial charge in [-0.3, -0.25) is 30.0 Å². The molecule has 0 aromatic heterocycles. The van der Waals surface area contributed by atoms with Crippen molar-refractivity contribution < 1.29 is 28.7 Å². The lowest BCUT2D eigenvalue weighted by atomic mass is 10.1. The third-order valence-corrected chi connectivity index (χ3v) is 3.66. The number of rotatable bonds is 8. The summed E-state index contributed by atoms with van der Waals surface area (Å²) in [7, 11) is 0. The van der Waals surface area contributed by atoms with E-state index >= 15 is 0 Å². The first kappa shape index (κ1) is 23.2. The standard InChI is InChI=1S/C21H24N4O6/c1-4-30-18-7-5-6-8-19(18)31-12-20(28)24-25-21(29)15-9-16(22-13(2)26)11-17(10-15)23-14(3)27/h5-11H,4,12H2,1-3H3,(H,22,26)(H,23,27)(H,24,28)(H,25,29). The van der Waals surface area contributed by atoms with Gasteiger partial charge in [0.05, 0.1) is 6.61 Å². The lowest BCUT2D eigenvalue weighted by Gasteiger charge is -2.13. The minimum absolute atomic E-state index is 0.109. The number of carbonyl (C=O) groups excluding carboxylic acids is 4. The summed E-state index contributed by atoms with van der Waals surface area (Å²) in [6, 6.07) is 11.2. The van der Waals surface area contributed by atoms with Gasteiger partial charge in [-0.2, -0.15) is 0 Å². The Bertz CT molecular complexity index is 942. The van der Waals surface area contributed by atoms with Gasteiger partial charge in [0, 0.05) is 30.8 Å². The van der Waals surface area contributed by atoms with Gasteiger partial charge < -0.3 is 20.1 Å². The molecule has 164 valence electrons. The van der Waals surface area contributed by atoms with Gasteiger partial charge in [0.15, 0.2) is 18.1 Å². The number of carbonyl (C=O) groups is 4. The summed E-state index contributed by atoms with van der Waals surface area (Å²) in [5.41, 5.74) is 5.24. The summed E-state index contributed by atoms with van der Waals surface area (Å²) < 4.78 is 10.8. The molecule has 0 saturated heterocycles. The molecule has 10 heteroatoms. The van der Waals surface area contributed by atoms with E-state index in [0.717, 1.165) is 0 Å². The first-order valence-corrected chi connectivity index (χ1v) is 9.42. The van der Waals surface area contributed by atoms with E-state index in [1.165, 1.54) is 32.0 Å². The van der Waals surface area contributed by atoms with Gasteiger partial charge in [-0.1, -0.05) is 12.1 Å². The third-order valence-electron chi connectivity index (χ3n) is 3.66. The van der Waals surface area contributed by atoms with Crippen molar-refractivity contribution in [3.63, 3.8) is 0 Å². The Morgan fingerprint density at radius 1 is 0.806 bits per heavy atom. The highest BCUT2D eigenvalue weighted by molar-refractivity contribution is 6.00. The average Bonchev–Trinajstić information content (AvgIpc) is 2.70. The lowest BCUT2D eigenvalue weighted by molar-refractivity contribution is -0.124. The van der Waals surface area contributed by atoms with Crippen molar-refractivity contribution in [1.29, 1.82) is 0 Å². The van der Waals surface area contributed by atoms with Crippen molar-refractivity contribution in [2.75, 3.05) is 23.8 Å². The Morgan fingerprint density at radius 2 is 1.35 bits per heavy atom. The van der Waals surface area contributed by atoms with Crippen molar-refractivity contribution in [3.8, 4) is 11.5 Å². The van der Waals surface area contributed by atoms with Crippen LogP contribution in [-0.4, -0.2) is 36.8 Å². The predicted molar refractivity (Wildman–Crippen MR) is 114 cm³/mol. The molecule has 2 aromatic carbocycles. The molecule has 0 aliphatic carbocycles. The van der Waals surface area contributed by atoms with Gasteiger partial charge in [-0.25, -0.2) is 0 Å². The molecule has 2 aromatic rings. The molecule has 0 aliphatic rings. The molecule has 0 saturated carbocycles. The zero-order valence-corrected chi connectivity index (χ0v) is 17.4. The fourth-order valence-corrected chi connectivity index (χ4v) is 2.53. The summed E-state index contributed by atoms with van der Waals surface area (Å²) in [6.07, 6.45) is 0. The van der Waals surface area contributed by atoms with E-state index in [1.807, 2.05) is 6.92 Å². The minimum atomic E-state index is -0.651. The van der Waals surface area contributed by atoms with E-state index in [-0.39, 0.29) is 24.0 Å². The number of anilines is 2. The maximum Gasteiger partial charge on any atom is 0.276 e. The molecular weight excluding hydrogens is 404 g/mol. The second-order valence-electron chi connectivity index (χ2n) is 6.33. The number of hydrogen-bond donors (Lipinski definition) is 4. The van der Waals surface area contributed by atoms with Crippen molar-refractivity contribution in [3.05, 3.63) is 48.0 Å². The normalized spacial score (nSPS) is 9.90. The Morgan fingerprint density at radius 3 is 1.87 bits per heavy atom. The van der Waals surface area contributed by atoms with E-state index in [4.69, 9.17) is 9.47 Å². The highest BCUT2D eigenvalue weighted by atomic mass is 16.5. The van der Waals surface area contributed by atoms with Crippen LogP contribution in [0.1, 0.15) is 31.1 Å². The second-order valence-corrected chi connectivity index (χ2v) is 6.33. The summed E-state index contributed by atoms with van der Waals surface area (Å²) in [4.78, 5) is 47.1. The van der Waals surface area contributed by atoms with Crippen molar-refractivity contribution in [1.82, 2.24) is 10.9 Å². The van der Waals surface area contributed by atoms with Crippen LogP contribution in [0.5, 0.6) is 11.5 Å². The maximum absolute atomic E-state index is 12.4. The summed E-state index contributed by atoms with van der Waals surface area (Å²) >= 11 is 0. The molecule has 0 heterocycles. The first-order chi connectivity index (χ1) is 14.8. The third kappa shape index (κ3) is 7.69. The van der Waals surface area contributed by atoms with Gasteiger partial charge in [0.25, 0.3) is 11.8 Å². The second kappa shape index (κ2) is 11.2. The van der Waals surface area contributed by atoms with Crippen molar-refractivity contribution in [2.24, 2.45) is 0 Å². The zero-order valence-electron chi connectivity index (χ0n) is 17.4. The van der Waals surface area contributed by atoms with Crippen LogP contribution in [0.3, 0.4) is 0 Å². The molecule has 0 aliphatic heterocycles. The summed E-state index contributed by atoms with van der Waals surface area (Å²) in [5.74, 6) is -1.04. The van der Waals surface area contributed by atoms with Crippen LogP contribution in [-0.2, 0) is 14.4 Å². The highest BCUT2D eigenvalue weighted by Crippen LogP contribution is 2.26. The molecule has 31 heavy (non-hydrogen) atoms. The topological polar surface area (TPSA) is 135 Å². The molecule has 0 unspecified atom stereocenters. The molecule has 4 amide bonds. The quantitative estimate of drug-likeness (QED) is 0.474. The van der Waals surface area contributed by atoms with Gasteiger partial charge >= 0.3 is 0 Å². The largest absolute Gasteiger partial charge is 0.490 e. The molecule has 0 atom stereocenters. The van der Waals surface area contributed by atoms with Crippen LogP contribution >= 0.6 is 0 Å². The number of ether oxygens (including phenoxy) is 2. The Hall–Kier alpha value is -4.08. The van der Waals surface area contributed by atoms with Gasteiger partial charge in [-0.15, -0.1) is 0 Å². The number of amides is 4. The zero-order chi connectivity index (χ0) is 22.8. The van der Waals surface area contributed by atoms with Crippen molar-refractivity contribution in [2.45, 2.75) is 20.8 Å². The fraction of sp³-hybridized carbons (Fsp3) is 0.238. The van der Waals surface area contributed by atoms with Crippen LogP contribution < -0.4 is 31.0 Å². The molecule has 0 radical (unpaired) electrons. The van der Waals surface area contributed by atoms with Gasteiger partial charge in [0.1, 0.15) is 0 Å². The average molecular weight is 428 g/mol. The van der Waals surface area contributed by atoms with E-state index in [2.05, 4.69) is 21.5 Å². The molecule has 2 rings (SSSR count). The number of benzene rings is 2. The van der Waals surface area contributed by atoms with Crippen LogP contribution in [0.15, 0.2) is 42.5 Å². The van der Waals surface area contributed by atoms with E-state index < -0.39 is 11.8 Å². The van der Waals surface area contributed by atoms with E-state index in [1.54, 1.807) is 24.3 Å². The van der Waals surface area contributed by atoms with Crippen LogP contribution in [0, 0.1) is 0 Å². The maximum atomic E-state index is 12.4. The van der Waals surface area contributed by atoms with Gasteiger partial charge in [-0.05, 0) is 37.3 Å². The Labute approximate surface area is 179 Å². The van der Waals surface area contributed by atoms with Crippen LogP contribution in [0.4, 0.5) is 11.4 Å². The number of para-hydroxylation sites is 2. The molecule has 0 bridgehead atoms. The number of nitrogens with one attached hydrogen (secondary N) is 4. The summed E-state index contributed by atoms with van der Waals surface area (Å²) in [5, 5.41) is 5.09. The van der Waals surface area contributed by atoms with Crippen LogP contribution in [0.2, 0.25) is 0 Å². The Kier molecular flexibility index (Phi) is 8.38. The SMILES string of the molecule is CCOc1ccccc1OCC(=O)NNC(=O)c1cc(NC(C)=O)cc(NC(C)=O)c1. The lowest BCUT2D eigenvalue weighted by Crippen LogP contribution is -2.43. The predicted octanol–water partition coefficient (Wildman–Crippen LogP) is 1.84. The first-order valence-electron chi connectivity index (χ1n) is 9.42. The van der Waals surface area contributed by atoms with E-state index in [0.29, 0.717) is 29.5 Å². The summed E-state index contributed by atoms with van der Waals surface area (Å²) in [6.45, 7) is 4.55. The van der Waals surface area contributed by atoms with Crippen molar-refractivity contribution >= 4 is 35.0 Å². The van der Waals surface area contributed by atoms with E-state index in [9.17, 15) is 19.2 Å². The Balaban J connectivity index is 1.99. The fourth-order valence-electron chi connectivity index (χ4n) is 2.53. The molecule has 0 fully saturated rings. The smallest absolute Gasteiger partial charge is 0.276 e. The van der Waals surface area contributed by atoms with Crippen LogP contribution in [0.25, 0.3) is 0 Å². The molecule has 4 N–H and O–H groups in total. The highest BCUT2D eigenvalue weighted by Gasteiger charge is 2.13. The molecular formula is C21H24N4O6.